The summed E-state index contributed by atoms with van der Waals surface area (Å²) < 4.78 is 0. The Morgan fingerprint density at radius 2 is 2.04 bits per heavy atom. The van der Waals surface area contributed by atoms with Gasteiger partial charge in [-0.1, -0.05) is 12.1 Å². The molecule has 25 heavy (non-hydrogen) atoms. The van der Waals surface area contributed by atoms with Crippen LogP contribution >= 0.6 is 0 Å². The highest BCUT2D eigenvalue weighted by Crippen LogP contribution is 2.19. The van der Waals surface area contributed by atoms with Gasteiger partial charge in [-0.3, -0.25) is 14.5 Å². The Hall–Kier alpha value is -2.41. The van der Waals surface area contributed by atoms with E-state index in [0.717, 1.165) is 37.9 Å². The molecular formula is C18H24N4O3. The first-order valence-electron chi connectivity index (χ1n) is 8.79. The van der Waals surface area contributed by atoms with Gasteiger partial charge in [-0.2, -0.15) is 0 Å². The zero-order valence-electron chi connectivity index (χ0n) is 14.2. The van der Waals surface area contributed by atoms with Crippen molar-refractivity contribution in [3.8, 4) is 0 Å². The van der Waals surface area contributed by atoms with Crippen LogP contribution in [0, 0.1) is 5.92 Å². The Balaban J connectivity index is 1.51. The Morgan fingerprint density at radius 3 is 2.76 bits per heavy atom. The molecule has 3 rings (SSSR count). The summed E-state index contributed by atoms with van der Waals surface area (Å²) >= 11 is 0. The second kappa shape index (κ2) is 8.11. The van der Waals surface area contributed by atoms with E-state index < -0.39 is 0 Å². The molecule has 0 unspecified atom stereocenters. The molecule has 134 valence electrons. The maximum atomic E-state index is 12.2. The minimum Gasteiger partial charge on any atom is -0.329 e. The number of anilines is 1. The van der Waals surface area contributed by atoms with Gasteiger partial charge in [0.05, 0.1) is 13.1 Å². The highest BCUT2D eigenvalue weighted by Gasteiger charge is 2.28. The first kappa shape index (κ1) is 17.4. The number of nitrogens with one attached hydrogen (secondary N) is 3. The van der Waals surface area contributed by atoms with Crippen molar-refractivity contribution in [1.29, 1.82) is 0 Å². The summed E-state index contributed by atoms with van der Waals surface area (Å²) in [7, 11) is 0. The lowest BCUT2D eigenvalue weighted by Crippen LogP contribution is -2.30. The predicted octanol–water partition coefficient (Wildman–Crippen LogP) is 1.46. The second-order valence-corrected chi connectivity index (χ2v) is 6.62. The monoisotopic (exact) mass is 344 g/mol. The van der Waals surface area contributed by atoms with E-state index >= 15 is 0 Å². The van der Waals surface area contributed by atoms with E-state index in [1.54, 1.807) is 6.07 Å². The summed E-state index contributed by atoms with van der Waals surface area (Å²) in [6.07, 6.45) is 3.70. The third-order valence-corrected chi connectivity index (χ3v) is 4.73. The van der Waals surface area contributed by atoms with Crippen molar-refractivity contribution in [3.05, 3.63) is 29.8 Å². The van der Waals surface area contributed by atoms with Crippen LogP contribution < -0.4 is 16.0 Å². The number of piperidine rings is 1. The molecule has 0 aromatic heterocycles. The van der Waals surface area contributed by atoms with Gasteiger partial charge in [0.15, 0.2) is 0 Å². The fourth-order valence-electron chi connectivity index (χ4n) is 3.27. The van der Waals surface area contributed by atoms with Gasteiger partial charge in [-0.05, 0) is 56.0 Å². The van der Waals surface area contributed by atoms with Crippen LogP contribution in [-0.2, 0) is 16.1 Å². The van der Waals surface area contributed by atoms with Crippen molar-refractivity contribution in [3.63, 3.8) is 0 Å². The Bertz CT molecular complexity index is 639. The van der Waals surface area contributed by atoms with E-state index in [4.69, 9.17) is 0 Å². The quantitative estimate of drug-likeness (QED) is 0.682. The number of hydrogen-bond acceptors (Lipinski definition) is 4. The normalized spacial score (nSPS) is 18.3. The van der Waals surface area contributed by atoms with Crippen molar-refractivity contribution in [1.82, 2.24) is 15.5 Å². The maximum Gasteiger partial charge on any atom is 0.324 e. The highest BCUT2D eigenvalue weighted by atomic mass is 16.2. The molecule has 7 nitrogen and oxygen atoms in total. The summed E-state index contributed by atoms with van der Waals surface area (Å²) in [6.45, 7) is 2.34. The lowest BCUT2D eigenvalue weighted by atomic mass is 9.93. The van der Waals surface area contributed by atoms with Crippen LogP contribution in [-0.4, -0.2) is 42.4 Å². The molecule has 2 aliphatic heterocycles. The fourth-order valence-corrected chi connectivity index (χ4v) is 3.27. The Kier molecular flexibility index (Phi) is 5.65. The number of nitrogens with zero attached hydrogens (tertiary/aromatic N) is 1. The smallest absolute Gasteiger partial charge is 0.324 e. The van der Waals surface area contributed by atoms with Crippen molar-refractivity contribution in [2.75, 3.05) is 25.0 Å². The molecule has 1 aromatic carbocycles. The standard InChI is InChI=1S/C18H24N4O3/c23-16(5-4-13-6-8-19-9-7-13)21-15-3-1-2-14(10-15)12-22-17(24)11-20-18(22)25/h1-3,10,13,19H,4-9,11-12H2,(H,20,25)(H,21,23). The Labute approximate surface area is 147 Å². The number of carbonyl (C=O) groups is 3. The van der Waals surface area contributed by atoms with Crippen LogP contribution in [0.2, 0.25) is 0 Å². The van der Waals surface area contributed by atoms with Gasteiger partial charge in [0.2, 0.25) is 11.8 Å². The summed E-state index contributed by atoms with van der Waals surface area (Å²) in [6, 6.07) is 6.90. The van der Waals surface area contributed by atoms with Crippen LogP contribution in [0.25, 0.3) is 0 Å². The van der Waals surface area contributed by atoms with E-state index in [0.29, 0.717) is 18.0 Å². The second-order valence-electron chi connectivity index (χ2n) is 6.62. The van der Waals surface area contributed by atoms with E-state index in [9.17, 15) is 14.4 Å². The molecule has 0 spiro atoms. The first-order valence-corrected chi connectivity index (χ1v) is 8.79. The molecule has 1 aromatic rings. The average Bonchev–Trinajstić information content (AvgIpc) is 2.93. The molecule has 2 heterocycles. The molecule has 4 amide bonds. The van der Waals surface area contributed by atoms with Crippen LogP contribution in [0.1, 0.15) is 31.2 Å². The van der Waals surface area contributed by atoms with Gasteiger partial charge in [0.1, 0.15) is 0 Å². The van der Waals surface area contributed by atoms with Crippen molar-refractivity contribution in [2.45, 2.75) is 32.2 Å². The first-order chi connectivity index (χ1) is 12.1. The van der Waals surface area contributed by atoms with Crippen molar-refractivity contribution in [2.24, 2.45) is 5.92 Å². The third kappa shape index (κ3) is 4.79. The molecule has 0 aliphatic carbocycles. The topological polar surface area (TPSA) is 90.5 Å². The van der Waals surface area contributed by atoms with Crippen LogP contribution in [0.5, 0.6) is 0 Å². The molecule has 0 radical (unpaired) electrons. The average molecular weight is 344 g/mol. The zero-order chi connectivity index (χ0) is 17.6. The Morgan fingerprint density at radius 1 is 1.24 bits per heavy atom. The lowest BCUT2D eigenvalue weighted by molar-refractivity contribution is -0.125. The molecule has 2 saturated heterocycles. The maximum absolute atomic E-state index is 12.2. The van der Waals surface area contributed by atoms with E-state index in [1.807, 2.05) is 18.2 Å². The molecule has 0 bridgehead atoms. The molecule has 7 heteroatoms. The van der Waals surface area contributed by atoms with Crippen LogP contribution in [0.3, 0.4) is 0 Å². The molecule has 0 atom stereocenters. The third-order valence-electron chi connectivity index (χ3n) is 4.73. The van der Waals surface area contributed by atoms with Crippen molar-refractivity contribution >= 4 is 23.5 Å². The van der Waals surface area contributed by atoms with Gasteiger partial charge in [0.25, 0.3) is 0 Å². The molecule has 0 saturated carbocycles. The number of amides is 4. The summed E-state index contributed by atoms with van der Waals surface area (Å²) in [4.78, 5) is 36.6. The number of imide groups is 1. The van der Waals surface area contributed by atoms with Crippen molar-refractivity contribution < 1.29 is 14.4 Å². The zero-order valence-corrected chi connectivity index (χ0v) is 14.2. The van der Waals surface area contributed by atoms with Gasteiger partial charge in [-0.25, -0.2) is 4.79 Å². The van der Waals surface area contributed by atoms with E-state index in [-0.39, 0.29) is 30.9 Å². The number of urea groups is 1. The predicted molar refractivity (Wildman–Crippen MR) is 93.8 cm³/mol. The van der Waals surface area contributed by atoms with Crippen LogP contribution in [0.15, 0.2) is 24.3 Å². The van der Waals surface area contributed by atoms with Gasteiger partial charge in [0, 0.05) is 12.1 Å². The fraction of sp³-hybridized carbons (Fsp3) is 0.500. The number of hydrogen-bond donors (Lipinski definition) is 3. The summed E-state index contributed by atoms with van der Waals surface area (Å²) in [5.74, 6) is 0.394. The molecular weight excluding hydrogens is 320 g/mol. The lowest BCUT2D eigenvalue weighted by Gasteiger charge is -2.22. The van der Waals surface area contributed by atoms with E-state index in [2.05, 4.69) is 16.0 Å². The molecule has 3 N–H and O–H groups in total. The van der Waals surface area contributed by atoms with Gasteiger partial charge in [-0.15, -0.1) is 0 Å². The number of rotatable bonds is 6. The SMILES string of the molecule is O=C(CCC1CCNCC1)Nc1cccc(CN2C(=O)CNC2=O)c1. The number of benzene rings is 1. The van der Waals surface area contributed by atoms with Gasteiger partial charge < -0.3 is 16.0 Å². The minimum atomic E-state index is -0.374. The number of carbonyl (C=O) groups excluding carboxylic acids is 3. The summed E-state index contributed by atoms with van der Waals surface area (Å²) in [5, 5.41) is 8.74. The highest BCUT2D eigenvalue weighted by molar-refractivity contribution is 6.01. The van der Waals surface area contributed by atoms with Crippen LogP contribution in [0.4, 0.5) is 10.5 Å². The van der Waals surface area contributed by atoms with Gasteiger partial charge >= 0.3 is 6.03 Å². The summed E-state index contributed by atoms with van der Waals surface area (Å²) in [5.41, 5.74) is 1.50. The largest absolute Gasteiger partial charge is 0.329 e. The molecule has 2 aliphatic rings. The molecule has 2 fully saturated rings. The minimum absolute atomic E-state index is 0.00525. The van der Waals surface area contributed by atoms with E-state index in [1.165, 1.54) is 4.90 Å².